The van der Waals surface area contributed by atoms with Crippen LogP contribution in [0.5, 0.6) is 0 Å². The van der Waals surface area contributed by atoms with Crippen LogP contribution in [0.25, 0.3) is 0 Å². The molecule has 0 fully saturated rings. The number of para-hydroxylation sites is 1. The molecule has 0 aliphatic carbocycles. The number of nitro groups is 1. The molecule has 0 atom stereocenters. The molecular formula is C15H15N3O3. The maximum absolute atomic E-state index is 12.3. The molecule has 6 heteroatoms. The van der Waals surface area contributed by atoms with Crippen LogP contribution in [0.4, 0.5) is 17.1 Å². The SMILES string of the molecule is Cc1cccc(C)c1NC(=O)c1ccc([N+](=O)[O-])cc1N. The first kappa shape index (κ1) is 14.5. The lowest BCUT2D eigenvalue weighted by Gasteiger charge is -2.12. The van der Waals surface area contributed by atoms with E-state index in [9.17, 15) is 14.9 Å². The summed E-state index contributed by atoms with van der Waals surface area (Å²) in [6.07, 6.45) is 0. The summed E-state index contributed by atoms with van der Waals surface area (Å²) in [6.45, 7) is 3.78. The minimum atomic E-state index is -0.552. The number of carbonyl (C=O) groups excluding carboxylic acids is 1. The standard InChI is InChI=1S/C15H15N3O3/c1-9-4-3-5-10(2)14(9)17-15(19)12-7-6-11(18(20)21)8-13(12)16/h3-8H,16H2,1-2H3,(H,17,19). The summed E-state index contributed by atoms with van der Waals surface area (Å²) < 4.78 is 0. The van der Waals surface area contributed by atoms with E-state index in [4.69, 9.17) is 5.73 Å². The second-order valence-corrected chi connectivity index (χ2v) is 4.75. The van der Waals surface area contributed by atoms with Gasteiger partial charge in [-0.05, 0) is 31.0 Å². The first-order valence-corrected chi connectivity index (χ1v) is 6.31. The number of anilines is 2. The van der Waals surface area contributed by atoms with Gasteiger partial charge in [-0.3, -0.25) is 14.9 Å². The van der Waals surface area contributed by atoms with E-state index < -0.39 is 4.92 Å². The fourth-order valence-corrected chi connectivity index (χ4v) is 2.06. The lowest BCUT2D eigenvalue weighted by atomic mass is 10.1. The Morgan fingerprint density at radius 1 is 1.19 bits per heavy atom. The van der Waals surface area contributed by atoms with Crippen molar-refractivity contribution in [1.29, 1.82) is 0 Å². The lowest BCUT2D eigenvalue weighted by molar-refractivity contribution is -0.384. The van der Waals surface area contributed by atoms with E-state index in [-0.39, 0.29) is 22.8 Å². The van der Waals surface area contributed by atoms with E-state index in [1.165, 1.54) is 18.2 Å². The quantitative estimate of drug-likeness (QED) is 0.514. The fourth-order valence-electron chi connectivity index (χ4n) is 2.06. The third-order valence-electron chi connectivity index (χ3n) is 3.21. The first-order chi connectivity index (χ1) is 9.90. The molecule has 0 saturated carbocycles. The van der Waals surface area contributed by atoms with Crippen LogP contribution in [0.15, 0.2) is 36.4 Å². The van der Waals surface area contributed by atoms with Gasteiger partial charge in [-0.25, -0.2) is 0 Å². The molecule has 0 unspecified atom stereocenters. The van der Waals surface area contributed by atoms with Crippen molar-refractivity contribution in [3.8, 4) is 0 Å². The average Bonchev–Trinajstić information content (AvgIpc) is 2.42. The number of nitrogens with two attached hydrogens (primary N) is 1. The maximum atomic E-state index is 12.3. The number of hydrogen-bond donors (Lipinski definition) is 2. The van der Waals surface area contributed by atoms with Gasteiger partial charge in [-0.1, -0.05) is 18.2 Å². The largest absolute Gasteiger partial charge is 0.398 e. The molecule has 0 heterocycles. The van der Waals surface area contributed by atoms with Gasteiger partial charge in [-0.2, -0.15) is 0 Å². The van der Waals surface area contributed by atoms with Crippen molar-refractivity contribution in [1.82, 2.24) is 0 Å². The third kappa shape index (κ3) is 3.00. The monoisotopic (exact) mass is 285 g/mol. The summed E-state index contributed by atoms with van der Waals surface area (Å²) in [5.74, 6) is -0.389. The van der Waals surface area contributed by atoms with Crippen molar-refractivity contribution in [2.24, 2.45) is 0 Å². The Hall–Kier alpha value is -2.89. The second-order valence-electron chi connectivity index (χ2n) is 4.75. The van der Waals surface area contributed by atoms with E-state index in [2.05, 4.69) is 5.32 Å². The molecule has 0 aliphatic heterocycles. The molecule has 108 valence electrons. The summed E-state index contributed by atoms with van der Waals surface area (Å²) in [6, 6.07) is 9.48. The zero-order valence-electron chi connectivity index (χ0n) is 11.7. The number of nitrogen functional groups attached to an aromatic ring is 1. The normalized spacial score (nSPS) is 10.2. The minimum absolute atomic E-state index is 0.0768. The number of hydrogen-bond acceptors (Lipinski definition) is 4. The molecule has 0 aliphatic rings. The predicted octanol–water partition coefficient (Wildman–Crippen LogP) is 3.05. The average molecular weight is 285 g/mol. The van der Waals surface area contributed by atoms with E-state index in [1.54, 1.807) is 0 Å². The number of nitrogens with zero attached hydrogens (tertiary/aromatic N) is 1. The molecule has 0 aromatic heterocycles. The van der Waals surface area contributed by atoms with Crippen LogP contribution in [0.3, 0.4) is 0 Å². The number of amides is 1. The van der Waals surface area contributed by atoms with E-state index in [0.29, 0.717) is 0 Å². The van der Waals surface area contributed by atoms with Crippen molar-refractivity contribution >= 4 is 23.0 Å². The topological polar surface area (TPSA) is 98.3 Å². The molecule has 2 rings (SSSR count). The number of benzene rings is 2. The van der Waals surface area contributed by atoms with Gasteiger partial charge < -0.3 is 11.1 Å². The summed E-state index contributed by atoms with van der Waals surface area (Å²) in [5.41, 5.74) is 8.46. The van der Waals surface area contributed by atoms with Crippen molar-refractivity contribution in [3.63, 3.8) is 0 Å². The second kappa shape index (κ2) is 5.62. The van der Waals surface area contributed by atoms with Gasteiger partial charge in [0.1, 0.15) is 0 Å². The van der Waals surface area contributed by atoms with Crippen LogP contribution in [-0.2, 0) is 0 Å². The Labute approximate surface area is 121 Å². The van der Waals surface area contributed by atoms with Gasteiger partial charge >= 0.3 is 0 Å². The van der Waals surface area contributed by atoms with Crippen LogP contribution in [0.2, 0.25) is 0 Å². The molecule has 6 nitrogen and oxygen atoms in total. The van der Waals surface area contributed by atoms with E-state index in [0.717, 1.165) is 16.8 Å². The number of non-ortho nitro benzene ring substituents is 1. The van der Waals surface area contributed by atoms with Gasteiger partial charge in [0.2, 0.25) is 0 Å². The molecule has 0 radical (unpaired) electrons. The molecule has 0 spiro atoms. The highest BCUT2D eigenvalue weighted by atomic mass is 16.6. The van der Waals surface area contributed by atoms with Gasteiger partial charge in [0.05, 0.1) is 16.2 Å². The van der Waals surface area contributed by atoms with Gasteiger partial charge in [0, 0.05) is 17.8 Å². The third-order valence-corrected chi connectivity index (χ3v) is 3.21. The van der Waals surface area contributed by atoms with Crippen molar-refractivity contribution in [2.45, 2.75) is 13.8 Å². The smallest absolute Gasteiger partial charge is 0.271 e. The molecule has 3 N–H and O–H groups in total. The summed E-state index contributed by atoms with van der Waals surface area (Å²) in [7, 11) is 0. The Kier molecular flexibility index (Phi) is 3.89. The zero-order valence-corrected chi connectivity index (χ0v) is 11.7. The highest BCUT2D eigenvalue weighted by molar-refractivity contribution is 6.08. The van der Waals surface area contributed by atoms with Crippen molar-refractivity contribution < 1.29 is 9.72 Å². The molecule has 0 bridgehead atoms. The zero-order chi connectivity index (χ0) is 15.6. The minimum Gasteiger partial charge on any atom is -0.398 e. The molecule has 2 aromatic carbocycles. The number of aryl methyl sites for hydroxylation is 2. The lowest BCUT2D eigenvalue weighted by Crippen LogP contribution is -2.15. The Balaban J connectivity index is 2.31. The molecule has 21 heavy (non-hydrogen) atoms. The van der Waals surface area contributed by atoms with Crippen LogP contribution in [-0.4, -0.2) is 10.8 Å². The highest BCUT2D eigenvalue weighted by Gasteiger charge is 2.15. The Bertz CT molecular complexity index is 706. The number of nitro benzene ring substituents is 1. The van der Waals surface area contributed by atoms with Crippen LogP contribution in [0.1, 0.15) is 21.5 Å². The molecule has 1 amide bonds. The number of carbonyl (C=O) groups is 1. The Morgan fingerprint density at radius 3 is 2.33 bits per heavy atom. The van der Waals surface area contributed by atoms with Gasteiger partial charge in [-0.15, -0.1) is 0 Å². The van der Waals surface area contributed by atoms with Crippen LogP contribution < -0.4 is 11.1 Å². The Morgan fingerprint density at radius 2 is 1.81 bits per heavy atom. The number of rotatable bonds is 3. The van der Waals surface area contributed by atoms with Gasteiger partial charge in [0.15, 0.2) is 0 Å². The maximum Gasteiger partial charge on any atom is 0.271 e. The highest BCUT2D eigenvalue weighted by Crippen LogP contribution is 2.23. The molecule has 0 saturated heterocycles. The summed E-state index contributed by atoms with van der Waals surface area (Å²) >= 11 is 0. The predicted molar refractivity (Wildman–Crippen MR) is 81.4 cm³/mol. The van der Waals surface area contributed by atoms with E-state index in [1.807, 2.05) is 32.0 Å². The van der Waals surface area contributed by atoms with Crippen LogP contribution in [0, 0.1) is 24.0 Å². The molecular weight excluding hydrogens is 270 g/mol. The summed E-state index contributed by atoms with van der Waals surface area (Å²) in [5, 5.41) is 13.5. The summed E-state index contributed by atoms with van der Waals surface area (Å²) in [4.78, 5) is 22.4. The van der Waals surface area contributed by atoms with Crippen LogP contribution >= 0.6 is 0 Å². The van der Waals surface area contributed by atoms with E-state index >= 15 is 0 Å². The molecule has 2 aromatic rings. The van der Waals surface area contributed by atoms with Crippen molar-refractivity contribution in [3.05, 3.63) is 63.2 Å². The number of nitrogens with one attached hydrogen (secondary N) is 1. The fraction of sp³-hybridized carbons (Fsp3) is 0.133. The first-order valence-electron chi connectivity index (χ1n) is 6.31. The van der Waals surface area contributed by atoms with Crippen molar-refractivity contribution in [2.75, 3.05) is 11.1 Å². The van der Waals surface area contributed by atoms with Gasteiger partial charge in [0.25, 0.3) is 11.6 Å².